The van der Waals surface area contributed by atoms with Crippen molar-refractivity contribution >= 4 is 11.9 Å². The van der Waals surface area contributed by atoms with Crippen molar-refractivity contribution < 1.29 is 9.59 Å². The Hall–Kier alpha value is -2.80. The predicted molar refractivity (Wildman–Crippen MR) is 99.6 cm³/mol. The van der Waals surface area contributed by atoms with Gasteiger partial charge in [0.15, 0.2) is 0 Å². The average molecular weight is 365 g/mol. The number of hydrogen-bond donors (Lipinski definition) is 2. The van der Waals surface area contributed by atoms with Crippen LogP contribution < -0.4 is 10.6 Å². The third kappa shape index (κ3) is 3.42. The standard InChI is InChI=1S/C20H23N5O2/c26-18-20(16-6-8-21-9-7-16,12-15-4-2-1-3-5-15)24-19(27)25(18)14-17-13-22-10-11-23-17/h1-5,10-11,13,16,21H,6-9,12,14H2,(H,24,27)/t20-/m0/s1. The topological polar surface area (TPSA) is 87.2 Å². The lowest BCUT2D eigenvalue weighted by atomic mass is 9.74. The summed E-state index contributed by atoms with van der Waals surface area (Å²) in [5.41, 5.74) is 0.746. The first-order valence-corrected chi connectivity index (χ1v) is 9.33. The molecular weight excluding hydrogens is 342 g/mol. The van der Waals surface area contributed by atoms with E-state index in [-0.39, 0.29) is 24.4 Å². The van der Waals surface area contributed by atoms with Crippen LogP contribution in [0.25, 0.3) is 0 Å². The minimum atomic E-state index is -0.900. The molecule has 2 N–H and O–H groups in total. The smallest absolute Gasteiger partial charge is 0.322 e. The molecule has 1 aromatic heterocycles. The van der Waals surface area contributed by atoms with Crippen molar-refractivity contribution in [2.24, 2.45) is 5.92 Å². The second kappa shape index (κ2) is 7.44. The number of carbonyl (C=O) groups excluding carboxylic acids is 2. The summed E-state index contributed by atoms with van der Waals surface area (Å²) in [5.74, 6) is -0.0591. The van der Waals surface area contributed by atoms with Gasteiger partial charge in [0.05, 0.1) is 18.4 Å². The molecule has 4 rings (SSSR count). The summed E-state index contributed by atoms with van der Waals surface area (Å²) in [4.78, 5) is 35.8. The van der Waals surface area contributed by atoms with Crippen LogP contribution in [0.3, 0.4) is 0 Å². The monoisotopic (exact) mass is 365 g/mol. The number of aromatic nitrogens is 2. The maximum Gasteiger partial charge on any atom is 0.325 e. The number of benzene rings is 1. The van der Waals surface area contributed by atoms with Crippen molar-refractivity contribution in [1.29, 1.82) is 0 Å². The van der Waals surface area contributed by atoms with Gasteiger partial charge in [0, 0.05) is 18.8 Å². The molecule has 140 valence electrons. The number of carbonyl (C=O) groups is 2. The van der Waals surface area contributed by atoms with Crippen LogP contribution in [-0.2, 0) is 17.8 Å². The van der Waals surface area contributed by atoms with Gasteiger partial charge in [0.1, 0.15) is 5.54 Å². The molecule has 0 bridgehead atoms. The van der Waals surface area contributed by atoms with Gasteiger partial charge in [0.25, 0.3) is 5.91 Å². The first kappa shape index (κ1) is 17.6. The van der Waals surface area contributed by atoms with Gasteiger partial charge in [-0.15, -0.1) is 0 Å². The van der Waals surface area contributed by atoms with E-state index < -0.39 is 5.54 Å². The van der Waals surface area contributed by atoms with E-state index in [9.17, 15) is 9.59 Å². The molecule has 7 nitrogen and oxygen atoms in total. The average Bonchev–Trinajstić information content (AvgIpc) is 2.95. The highest BCUT2D eigenvalue weighted by Crippen LogP contribution is 2.35. The van der Waals surface area contributed by atoms with Crippen molar-refractivity contribution in [2.75, 3.05) is 13.1 Å². The molecule has 3 heterocycles. The Balaban J connectivity index is 1.65. The summed E-state index contributed by atoms with van der Waals surface area (Å²) in [6, 6.07) is 9.55. The summed E-state index contributed by atoms with van der Waals surface area (Å²) in [7, 11) is 0. The van der Waals surface area contributed by atoms with Gasteiger partial charge in [-0.25, -0.2) is 4.79 Å². The summed E-state index contributed by atoms with van der Waals surface area (Å²) in [6.45, 7) is 1.85. The molecule has 2 aliphatic heterocycles. The molecule has 0 unspecified atom stereocenters. The van der Waals surface area contributed by atoms with Crippen LogP contribution in [0.2, 0.25) is 0 Å². The summed E-state index contributed by atoms with van der Waals surface area (Å²) in [5, 5.41) is 6.41. The lowest BCUT2D eigenvalue weighted by Crippen LogP contribution is -2.57. The highest BCUT2D eigenvalue weighted by Gasteiger charge is 2.55. The van der Waals surface area contributed by atoms with Crippen LogP contribution in [-0.4, -0.2) is 45.4 Å². The van der Waals surface area contributed by atoms with Gasteiger partial charge in [-0.3, -0.25) is 19.7 Å². The van der Waals surface area contributed by atoms with E-state index in [1.165, 1.54) is 4.90 Å². The van der Waals surface area contributed by atoms with Crippen LogP contribution in [0.4, 0.5) is 4.79 Å². The van der Waals surface area contributed by atoms with Gasteiger partial charge >= 0.3 is 6.03 Å². The largest absolute Gasteiger partial charge is 0.325 e. The molecular formula is C20H23N5O2. The molecule has 2 saturated heterocycles. The molecule has 1 aromatic carbocycles. The number of rotatable bonds is 5. The zero-order chi connectivity index (χ0) is 18.7. The Morgan fingerprint density at radius 2 is 1.89 bits per heavy atom. The molecule has 0 radical (unpaired) electrons. The number of amides is 3. The number of piperidine rings is 1. The van der Waals surface area contributed by atoms with Crippen LogP contribution in [0, 0.1) is 5.92 Å². The fourth-order valence-corrected chi connectivity index (χ4v) is 4.14. The fraction of sp³-hybridized carbons (Fsp3) is 0.400. The number of hydrogen-bond acceptors (Lipinski definition) is 5. The molecule has 0 saturated carbocycles. The molecule has 2 fully saturated rings. The van der Waals surface area contributed by atoms with Crippen molar-refractivity contribution in [1.82, 2.24) is 25.5 Å². The third-order valence-corrected chi connectivity index (χ3v) is 5.50. The Morgan fingerprint density at radius 1 is 1.11 bits per heavy atom. The third-order valence-electron chi connectivity index (χ3n) is 5.50. The second-order valence-electron chi connectivity index (χ2n) is 7.18. The molecule has 27 heavy (non-hydrogen) atoms. The molecule has 2 aromatic rings. The van der Waals surface area contributed by atoms with Crippen LogP contribution in [0.5, 0.6) is 0 Å². The predicted octanol–water partition coefficient (Wildman–Crippen LogP) is 1.51. The number of nitrogens with one attached hydrogen (secondary N) is 2. The summed E-state index contributed by atoms with van der Waals surface area (Å²) in [6.07, 6.45) is 6.94. The maximum atomic E-state index is 13.5. The van der Waals surface area contributed by atoms with Gasteiger partial charge in [0.2, 0.25) is 0 Å². The van der Waals surface area contributed by atoms with E-state index in [4.69, 9.17) is 0 Å². The molecule has 1 atom stereocenters. The molecule has 0 aliphatic carbocycles. The molecule has 2 aliphatic rings. The zero-order valence-electron chi connectivity index (χ0n) is 15.1. The zero-order valence-corrected chi connectivity index (χ0v) is 15.1. The van der Waals surface area contributed by atoms with Gasteiger partial charge in [-0.1, -0.05) is 30.3 Å². The van der Waals surface area contributed by atoms with Gasteiger partial charge in [-0.2, -0.15) is 0 Å². The number of imide groups is 1. The Kier molecular flexibility index (Phi) is 4.85. The Bertz CT molecular complexity index is 808. The van der Waals surface area contributed by atoms with Gasteiger partial charge < -0.3 is 10.6 Å². The summed E-state index contributed by atoms with van der Waals surface area (Å²) < 4.78 is 0. The van der Waals surface area contributed by atoms with Crippen LogP contribution >= 0.6 is 0 Å². The normalized spacial score (nSPS) is 23.5. The van der Waals surface area contributed by atoms with E-state index in [1.807, 2.05) is 30.3 Å². The number of nitrogens with zero attached hydrogens (tertiary/aromatic N) is 3. The van der Waals surface area contributed by atoms with Crippen molar-refractivity contribution in [2.45, 2.75) is 31.3 Å². The van der Waals surface area contributed by atoms with Gasteiger partial charge in [-0.05, 0) is 37.4 Å². The Morgan fingerprint density at radius 3 is 2.59 bits per heavy atom. The minimum absolute atomic E-state index is 0.0993. The van der Waals surface area contributed by atoms with Crippen molar-refractivity contribution in [3.63, 3.8) is 0 Å². The molecule has 3 amide bonds. The van der Waals surface area contributed by atoms with Crippen LogP contribution in [0.15, 0.2) is 48.9 Å². The minimum Gasteiger partial charge on any atom is -0.322 e. The first-order chi connectivity index (χ1) is 13.2. The van der Waals surface area contributed by atoms with Crippen molar-refractivity contribution in [3.8, 4) is 0 Å². The number of urea groups is 1. The Labute approximate surface area is 158 Å². The van der Waals surface area contributed by atoms with E-state index in [2.05, 4.69) is 20.6 Å². The highest BCUT2D eigenvalue weighted by atomic mass is 16.2. The molecule has 7 heteroatoms. The highest BCUT2D eigenvalue weighted by molar-refractivity contribution is 6.07. The summed E-state index contributed by atoms with van der Waals surface area (Å²) >= 11 is 0. The fourth-order valence-electron chi connectivity index (χ4n) is 4.14. The lowest BCUT2D eigenvalue weighted by molar-refractivity contribution is -0.134. The van der Waals surface area contributed by atoms with Crippen LogP contribution in [0.1, 0.15) is 24.1 Å². The van der Waals surface area contributed by atoms with Crippen molar-refractivity contribution in [3.05, 3.63) is 60.2 Å². The van der Waals surface area contributed by atoms with E-state index >= 15 is 0 Å². The van der Waals surface area contributed by atoms with E-state index in [0.717, 1.165) is 31.5 Å². The van der Waals surface area contributed by atoms with E-state index in [0.29, 0.717) is 12.1 Å². The maximum absolute atomic E-state index is 13.5. The molecule has 0 spiro atoms. The second-order valence-corrected chi connectivity index (χ2v) is 7.18. The lowest BCUT2D eigenvalue weighted by Gasteiger charge is -2.38. The first-order valence-electron chi connectivity index (χ1n) is 9.33. The van der Waals surface area contributed by atoms with E-state index in [1.54, 1.807) is 18.6 Å². The quantitative estimate of drug-likeness (QED) is 0.785. The SMILES string of the molecule is O=C1N[C@@](Cc2ccccc2)(C2CCNCC2)C(=O)N1Cc1cnccn1.